The minimum atomic E-state index is -0.197. The van der Waals surface area contributed by atoms with E-state index >= 15 is 0 Å². The van der Waals surface area contributed by atoms with Gasteiger partial charge in [0.25, 0.3) is 5.56 Å². The van der Waals surface area contributed by atoms with Crippen LogP contribution in [0.5, 0.6) is 0 Å². The molecular formula is C24H20ClN3O2S. The molecule has 3 aromatic carbocycles. The van der Waals surface area contributed by atoms with Crippen molar-refractivity contribution in [1.29, 1.82) is 0 Å². The maximum atomic E-state index is 13.3. The molecule has 0 saturated heterocycles. The van der Waals surface area contributed by atoms with Gasteiger partial charge >= 0.3 is 0 Å². The van der Waals surface area contributed by atoms with Crippen molar-refractivity contribution in [3.05, 3.63) is 99.3 Å². The topological polar surface area (TPSA) is 64.0 Å². The molecule has 1 heterocycles. The third kappa shape index (κ3) is 4.98. The summed E-state index contributed by atoms with van der Waals surface area (Å²) in [4.78, 5) is 30.3. The van der Waals surface area contributed by atoms with Crippen LogP contribution in [-0.4, -0.2) is 21.2 Å². The van der Waals surface area contributed by atoms with Crippen LogP contribution >= 0.6 is 23.4 Å². The van der Waals surface area contributed by atoms with Crippen LogP contribution in [0.3, 0.4) is 0 Å². The average molecular weight is 450 g/mol. The zero-order valence-corrected chi connectivity index (χ0v) is 18.4. The molecule has 1 aromatic heterocycles. The molecule has 0 bridgehead atoms. The Morgan fingerprint density at radius 3 is 2.55 bits per heavy atom. The molecule has 0 saturated carbocycles. The van der Waals surface area contributed by atoms with E-state index in [1.54, 1.807) is 22.8 Å². The standard InChI is InChI=1S/C24H20ClN3O2S/c1-16-7-10-19(11-8-16)28-23(30)20-12-9-18(25)13-21(20)27-24(28)31-15-22(29)26-14-17-5-3-2-4-6-17/h2-13H,14-15H2,1H3,(H,26,29). The number of thioether (sulfide) groups is 1. The molecule has 4 rings (SSSR count). The molecule has 5 nitrogen and oxygen atoms in total. The van der Waals surface area contributed by atoms with E-state index in [0.29, 0.717) is 33.3 Å². The Bertz CT molecular complexity index is 1290. The predicted octanol–water partition coefficient (Wildman–Crippen LogP) is 4.76. The molecule has 0 unspecified atom stereocenters. The van der Waals surface area contributed by atoms with E-state index in [0.717, 1.165) is 11.1 Å². The quantitative estimate of drug-likeness (QED) is 0.340. The monoisotopic (exact) mass is 449 g/mol. The zero-order valence-electron chi connectivity index (χ0n) is 16.8. The number of fused-ring (bicyclic) bond motifs is 1. The first-order valence-electron chi connectivity index (χ1n) is 9.74. The van der Waals surface area contributed by atoms with Crippen molar-refractivity contribution in [2.24, 2.45) is 0 Å². The van der Waals surface area contributed by atoms with Gasteiger partial charge in [-0.1, -0.05) is 71.4 Å². The highest BCUT2D eigenvalue weighted by atomic mass is 35.5. The summed E-state index contributed by atoms with van der Waals surface area (Å²) in [5.41, 5.74) is 3.13. The fourth-order valence-electron chi connectivity index (χ4n) is 3.13. The number of halogens is 1. The van der Waals surface area contributed by atoms with Crippen molar-refractivity contribution in [3.8, 4) is 5.69 Å². The number of hydrogen-bond donors (Lipinski definition) is 1. The molecule has 0 radical (unpaired) electrons. The van der Waals surface area contributed by atoms with Crippen molar-refractivity contribution in [2.75, 3.05) is 5.75 Å². The van der Waals surface area contributed by atoms with E-state index in [9.17, 15) is 9.59 Å². The highest BCUT2D eigenvalue weighted by Gasteiger charge is 2.15. The Kier molecular flexibility index (Phi) is 6.39. The van der Waals surface area contributed by atoms with Gasteiger partial charge in [0.05, 0.1) is 22.3 Å². The molecule has 0 aliphatic heterocycles. The number of amides is 1. The van der Waals surface area contributed by atoms with Crippen LogP contribution in [0.25, 0.3) is 16.6 Å². The summed E-state index contributed by atoms with van der Waals surface area (Å²) in [6.07, 6.45) is 0. The highest BCUT2D eigenvalue weighted by molar-refractivity contribution is 7.99. The van der Waals surface area contributed by atoms with E-state index in [-0.39, 0.29) is 17.2 Å². The van der Waals surface area contributed by atoms with Crippen molar-refractivity contribution in [2.45, 2.75) is 18.6 Å². The number of carbonyl (C=O) groups excluding carboxylic acids is 1. The molecular weight excluding hydrogens is 430 g/mol. The summed E-state index contributed by atoms with van der Waals surface area (Å²) in [7, 11) is 0. The largest absolute Gasteiger partial charge is 0.351 e. The average Bonchev–Trinajstić information content (AvgIpc) is 2.77. The van der Waals surface area contributed by atoms with Crippen LogP contribution in [-0.2, 0) is 11.3 Å². The smallest absolute Gasteiger partial charge is 0.266 e. The van der Waals surface area contributed by atoms with E-state index in [2.05, 4.69) is 10.3 Å². The van der Waals surface area contributed by atoms with Crippen LogP contribution in [0, 0.1) is 6.92 Å². The van der Waals surface area contributed by atoms with E-state index in [1.807, 2.05) is 61.5 Å². The minimum absolute atomic E-state index is 0.134. The Morgan fingerprint density at radius 1 is 1.06 bits per heavy atom. The SMILES string of the molecule is Cc1ccc(-n2c(SCC(=O)NCc3ccccc3)nc3cc(Cl)ccc3c2=O)cc1. The van der Waals surface area contributed by atoms with Gasteiger partial charge in [0.2, 0.25) is 5.91 Å². The molecule has 1 amide bonds. The summed E-state index contributed by atoms with van der Waals surface area (Å²) in [6, 6.07) is 22.4. The number of aromatic nitrogens is 2. The van der Waals surface area contributed by atoms with E-state index in [4.69, 9.17) is 11.6 Å². The van der Waals surface area contributed by atoms with Gasteiger partial charge in [0.15, 0.2) is 5.16 Å². The Morgan fingerprint density at radius 2 is 1.81 bits per heavy atom. The highest BCUT2D eigenvalue weighted by Crippen LogP contribution is 2.23. The second kappa shape index (κ2) is 9.37. The third-order valence-corrected chi connectivity index (χ3v) is 5.93. The number of hydrogen-bond acceptors (Lipinski definition) is 4. The predicted molar refractivity (Wildman–Crippen MR) is 126 cm³/mol. The molecule has 0 aliphatic carbocycles. The lowest BCUT2D eigenvalue weighted by molar-refractivity contribution is -0.118. The second-order valence-electron chi connectivity index (χ2n) is 7.08. The number of carbonyl (C=O) groups is 1. The van der Waals surface area contributed by atoms with Crippen LogP contribution in [0.4, 0.5) is 0 Å². The molecule has 31 heavy (non-hydrogen) atoms. The number of nitrogens with zero attached hydrogens (tertiary/aromatic N) is 2. The van der Waals surface area contributed by atoms with Crippen molar-refractivity contribution in [3.63, 3.8) is 0 Å². The number of aryl methyl sites for hydroxylation is 1. The summed E-state index contributed by atoms with van der Waals surface area (Å²) in [6.45, 7) is 2.44. The molecule has 0 atom stereocenters. The van der Waals surface area contributed by atoms with Crippen LogP contribution in [0.15, 0.2) is 82.7 Å². The first kappa shape index (κ1) is 21.2. The van der Waals surface area contributed by atoms with E-state index < -0.39 is 0 Å². The fraction of sp³-hybridized carbons (Fsp3) is 0.125. The molecule has 1 N–H and O–H groups in total. The van der Waals surface area contributed by atoms with Crippen molar-refractivity contribution < 1.29 is 4.79 Å². The van der Waals surface area contributed by atoms with Gasteiger partial charge in [-0.2, -0.15) is 0 Å². The first-order valence-corrected chi connectivity index (χ1v) is 11.1. The number of nitrogens with one attached hydrogen (secondary N) is 1. The summed E-state index contributed by atoms with van der Waals surface area (Å²) in [5.74, 6) is 0.00163. The fourth-order valence-corrected chi connectivity index (χ4v) is 4.14. The molecule has 156 valence electrons. The summed E-state index contributed by atoms with van der Waals surface area (Å²) < 4.78 is 1.55. The lowest BCUT2D eigenvalue weighted by Crippen LogP contribution is -2.26. The van der Waals surface area contributed by atoms with Gasteiger partial charge in [-0.15, -0.1) is 0 Å². The van der Waals surface area contributed by atoms with Crippen LogP contribution in [0.2, 0.25) is 5.02 Å². The third-order valence-electron chi connectivity index (χ3n) is 4.76. The van der Waals surface area contributed by atoms with Crippen LogP contribution in [0.1, 0.15) is 11.1 Å². The molecule has 0 spiro atoms. The summed E-state index contributed by atoms with van der Waals surface area (Å²) >= 11 is 7.33. The lowest BCUT2D eigenvalue weighted by atomic mass is 10.2. The van der Waals surface area contributed by atoms with Gasteiger partial charge in [-0.3, -0.25) is 14.2 Å². The van der Waals surface area contributed by atoms with Crippen molar-refractivity contribution >= 4 is 40.2 Å². The zero-order chi connectivity index (χ0) is 21.8. The molecule has 4 aromatic rings. The van der Waals surface area contributed by atoms with Crippen molar-refractivity contribution in [1.82, 2.24) is 14.9 Å². The molecule has 7 heteroatoms. The second-order valence-corrected chi connectivity index (χ2v) is 8.46. The minimum Gasteiger partial charge on any atom is -0.351 e. The van der Waals surface area contributed by atoms with Gasteiger partial charge < -0.3 is 5.32 Å². The first-order chi connectivity index (χ1) is 15.0. The van der Waals surface area contributed by atoms with Gasteiger partial charge in [0.1, 0.15) is 0 Å². The van der Waals surface area contributed by atoms with Gasteiger partial charge in [-0.25, -0.2) is 4.98 Å². The maximum absolute atomic E-state index is 13.3. The summed E-state index contributed by atoms with van der Waals surface area (Å²) in [5, 5.41) is 4.32. The van der Waals surface area contributed by atoms with Gasteiger partial charge in [-0.05, 0) is 42.8 Å². The maximum Gasteiger partial charge on any atom is 0.266 e. The molecule has 0 fully saturated rings. The number of benzene rings is 3. The van der Waals surface area contributed by atoms with E-state index in [1.165, 1.54) is 11.8 Å². The lowest BCUT2D eigenvalue weighted by Gasteiger charge is -2.13. The Hall–Kier alpha value is -3.09. The van der Waals surface area contributed by atoms with Gasteiger partial charge in [0, 0.05) is 11.6 Å². The Labute approximate surface area is 189 Å². The normalized spacial score (nSPS) is 10.9. The molecule has 0 aliphatic rings. The number of rotatable bonds is 6. The Balaban J connectivity index is 1.63. The van der Waals surface area contributed by atoms with Crippen LogP contribution < -0.4 is 10.9 Å².